The van der Waals surface area contributed by atoms with Gasteiger partial charge in [-0.1, -0.05) is 30.3 Å². The third-order valence-electron chi connectivity index (χ3n) is 6.42. The Kier molecular flexibility index (Phi) is 5.62. The smallest absolute Gasteiger partial charge is 0.323 e. The maximum Gasteiger partial charge on any atom is 0.323 e. The van der Waals surface area contributed by atoms with Crippen LogP contribution in [0.2, 0.25) is 0 Å². The van der Waals surface area contributed by atoms with Gasteiger partial charge in [0.15, 0.2) is 0 Å². The Hall–Kier alpha value is -4.62. The number of nitrogens with one attached hydrogen (secondary N) is 3. The number of benzene rings is 3. The molecule has 5 N–H and O–H groups in total. The minimum Gasteiger partial charge on any atom is -0.383 e. The molecule has 182 valence electrons. The number of carbonyl (C=O) groups is 1. The molecule has 0 aliphatic carbocycles. The van der Waals surface area contributed by atoms with Crippen LogP contribution in [0.1, 0.15) is 11.3 Å². The van der Waals surface area contributed by atoms with E-state index in [2.05, 4.69) is 57.2 Å². The maximum atomic E-state index is 12.4. The first-order chi connectivity index (χ1) is 17.9. The number of hydrogen-bond donors (Lipinski definition) is 4. The Morgan fingerprint density at radius 2 is 1.68 bits per heavy atom. The van der Waals surface area contributed by atoms with Gasteiger partial charge in [0.05, 0.1) is 0 Å². The number of nitrogens with zero attached hydrogens (tertiary/aromatic N) is 1. The van der Waals surface area contributed by atoms with E-state index in [0.717, 1.165) is 54.8 Å². The molecule has 0 saturated carbocycles. The van der Waals surface area contributed by atoms with Crippen molar-refractivity contribution in [3.8, 4) is 22.3 Å². The molecule has 7 heteroatoms. The van der Waals surface area contributed by atoms with E-state index in [9.17, 15) is 4.79 Å². The summed E-state index contributed by atoms with van der Waals surface area (Å²) in [5, 5.41) is 10.0. The molecule has 0 atom stereocenters. The van der Waals surface area contributed by atoms with Gasteiger partial charge in [-0.2, -0.15) is 0 Å². The van der Waals surface area contributed by atoms with Crippen LogP contribution in [0, 0.1) is 13.8 Å². The van der Waals surface area contributed by atoms with Crippen LogP contribution < -0.4 is 16.4 Å². The zero-order chi connectivity index (χ0) is 25.5. The van der Waals surface area contributed by atoms with Crippen LogP contribution in [0.3, 0.4) is 0 Å². The highest BCUT2D eigenvalue weighted by Gasteiger charge is 2.16. The van der Waals surface area contributed by atoms with Crippen molar-refractivity contribution in [3.63, 3.8) is 0 Å². The molecule has 6 rings (SSSR count). The Morgan fingerprint density at radius 1 is 0.892 bits per heavy atom. The summed E-state index contributed by atoms with van der Waals surface area (Å²) in [6.07, 6.45) is 1.86. The van der Waals surface area contributed by atoms with Crippen LogP contribution in [-0.2, 0) is 0 Å². The average molecular weight is 504 g/mol. The number of fused-ring (bicyclic) bond motifs is 2. The molecule has 3 heterocycles. The van der Waals surface area contributed by atoms with Crippen molar-refractivity contribution in [1.82, 2.24) is 9.97 Å². The second kappa shape index (κ2) is 9.11. The summed E-state index contributed by atoms with van der Waals surface area (Å²) in [6.45, 7) is 4.05. The van der Waals surface area contributed by atoms with E-state index in [0.29, 0.717) is 11.5 Å². The van der Waals surface area contributed by atoms with Crippen LogP contribution in [0.25, 0.3) is 43.2 Å². The third kappa shape index (κ3) is 4.41. The summed E-state index contributed by atoms with van der Waals surface area (Å²) in [5.74, 6) is 0.508. The van der Waals surface area contributed by atoms with E-state index in [1.54, 1.807) is 11.3 Å². The predicted molar refractivity (Wildman–Crippen MR) is 155 cm³/mol. The molecule has 0 bridgehead atoms. The van der Waals surface area contributed by atoms with Crippen molar-refractivity contribution < 1.29 is 4.79 Å². The van der Waals surface area contributed by atoms with Crippen molar-refractivity contribution in [3.05, 3.63) is 95.6 Å². The van der Waals surface area contributed by atoms with Gasteiger partial charge in [-0.25, -0.2) is 9.78 Å². The van der Waals surface area contributed by atoms with Crippen molar-refractivity contribution in [2.75, 3.05) is 16.4 Å². The average Bonchev–Trinajstić information content (AvgIpc) is 3.48. The second-order valence-corrected chi connectivity index (χ2v) is 10.1. The number of H-pyrrole nitrogens is 1. The summed E-state index contributed by atoms with van der Waals surface area (Å²) in [4.78, 5) is 20.4. The number of aryl methyl sites for hydroxylation is 2. The van der Waals surface area contributed by atoms with Crippen molar-refractivity contribution in [2.24, 2.45) is 0 Å². The van der Waals surface area contributed by atoms with E-state index in [1.165, 1.54) is 5.39 Å². The van der Waals surface area contributed by atoms with Crippen LogP contribution >= 0.6 is 11.3 Å². The molecule has 0 aliphatic rings. The van der Waals surface area contributed by atoms with E-state index in [4.69, 9.17) is 5.73 Å². The Morgan fingerprint density at radius 3 is 2.49 bits per heavy atom. The van der Waals surface area contributed by atoms with Gasteiger partial charge < -0.3 is 21.4 Å². The molecule has 0 aliphatic heterocycles. The number of pyridine rings is 1. The Balaban J connectivity index is 1.29. The minimum atomic E-state index is -0.285. The highest BCUT2D eigenvalue weighted by Crippen LogP contribution is 2.42. The Labute approximate surface area is 218 Å². The van der Waals surface area contributed by atoms with Crippen LogP contribution in [0.4, 0.5) is 22.0 Å². The topological polar surface area (TPSA) is 95.8 Å². The van der Waals surface area contributed by atoms with Gasteiger partial charge >= 0.3 is 6.03 Å². The van der Waals surface area contributed by atoms with Gasteiger partial charge in [0.1, 0.15) is 5.82 Å². The molecule has 2 amide bonds. The number of nitrogen functional groups attached to an aromatic ring is 1. The number of aromatic amines is 1. The number of hydrogen-bond acceptors (Lipinski definition) is 4. The minimum absolute atomic E-state index is 0.285. The summed E-state index contributed by atoms with van der Waals surface area (Å²) >= 11 is 1.66. The van der Waals surface area contributed by atoms with Crippen molar-refractivity contribution >= 4 is 55.5 Å². The summed E-state index contributed by atoms with van der Waals surface area (Å²) in [5.41, 5.74) is 15.4. The number of anilines is 3. The number of amides is 2. The molecule has 6 aromatic rings. The number of thiophene rings is 1. The number of nitrogens with two attached hydrogens (primary N) is 1. The first-order valence-corrected chi connectivity index (χ1v) is 12.8. The van der Waals surface area contributed by atoms with Crippen LogP contribution in [0.5, 0.6) is 0 Å². The zero-order valence-corrected chi connectivity index (χ0v) is 21.2. The lowest BCUT2D eigenvalue weighted by Crippen LogP contribution is -2.19. The lowest BCUT2D eigenvalue weighted by atomic mass is 10.0. The van der Waals surface area contributed by atoms with Crippen LogP contribution in [-0.4, -0.2) is 16.0 Å². The molecular formula is C30H25N5OS. The molecule has 0 fully saturated rings. The summed E-state index contributed by atoms with van der Waals surface area (Å²) in [7, 11) is 0. The highest BCUT2D eigenvalue weighted by molar-refractivity contribution is 7.18. The van der Waals surface area contributed by atoms with Crippen molar-refractivity contribution in [1.29, 1.82) is 0 Å². The lowest BCUT2D eigenvalue weighted by molar-refractivity contribution is 0.262. The first-order valence-electron chi connectivity index (χ1n) is 11.9. The molecule has 3 aromatic carbocycles. The highest BCUT2D eigenvalue weighted by atomic mass is 32.1. The molecular weight excluding hydrogens is 478 g/mol. The fraction of sp³-hybridized carbons (Fsp3) is 0.0667. The summed E-state index contributed by atoms with van der Waals surface area (Å²) in [6, 6.07) is 23.7. The quantitative estimate of drug-likeness (QED) is 0.196. The van der Waals surface area contributed by atoms with Gasteiger partial charge in [0.2, 0.25) is 0 Å². The van der Waals surface area contributed by atoms with Gasteiger partial charge in [-0.05, 0) is 78.4 Å². The molecule has 0 radical (unpaired) electrons. The number of aromatic nitrogens is 2. The van der Waals surface area contributed by atoms with E-state index < -0.39 is 0 Å². The van der Waals surface area contributed by atoms with Gasteiger partial charge in [-0.15, -0.1) is 11.3 Å². The van der Waals surface area contributed by atoms with E-state index in [1.807, 2.05) is 61.7 Å². The maximum absolute atomic E-state index is 12.4. The number of urea groups is 1. The van der Waals surface area contributed by atoms with Gasteiger partial charge in [-0.3, -0.25) is 0 Å². The molecule has 3 aromatic heterocycles. The molecule has 6 nitrogen and oxygen atoms in total. The number of rotatable bonds is 4. The second-order valence-electron chi connectivity index (χ2n) is 9.19. The molecule has 0 saturated heterocycles. The fourth-order valence-corrected chi connectivity index (χ4v) is 5.80. The zero-order valence-electron chi connectivity index (χ0n) is 20.4. The monoisotopic (exact) mass is 503 g/mol. The molecule has 0 unspecified atom stereocenters. The standard InChI is InChI=1S/C30H25N5OS/c1-17-4-3-5-23(12-17)35-30(36)34-22-9-6-19(7-10-22)25-16-37-28-24(15-32-29(31)27(25)28)20-8-11-26-21(14-20)13-18(2)33-26/h3-16,33H,1-2H3,(H2,31,32)(H2,34,35,36). The third-order valence-corrected chi connectivity index (χ3v) is 7.43. The van der Waals surface area contributed by atoms with Gasteiger partial charge in [0.25, 0.3) is 0 Å². The molecule has 37 heavy (non-hydrogen) atoms. The molecule has 0 spiro atoms. The fourth-order valence-electron chi connectivity index (χ4n) is 4.68. The van der Waals surface area contributed by atoms with Gasteiger partial charge in [0, 0.05) is 55.4 Å². The summed E-state index contributed by atoms with van der Waals surface area (Å²) < 4.78 is 1.11. The van der Waals surface area contributed by atoms with E-state index >= 15 is 0 Å². The first kappa shape index (κ1) is 22.8. The van der Waals surface area contributed by atoms with E-state index in [-0.39, 0.29) is 6.03 Å². The lowest BCUT2D eigenvalue weighted by Gasteiger charge is -2.10. The predicted octanol–water partition coefficient (Wildman–Crippen LogP) is 7.95. The van der Waals surface area contributed by atoms with Crippen molar-refractivity contribution in [2.45, 2.75) is 13.8 Å². The Bertz CT molecular complexity index is 1780. The largest absolute Gasteiger partial charge is 0.383 e. The van der Waals surface area contributed by atoms with Crippen LogP contribution in [0.15, 0.2) is 84.4 Å². The number of carbonyl (C=O) groups excluding carboxylic acids is 1. The SMILES string of the molecule is Cc1cccc(NC(=O)Nc2ccc(-c3csc4c(-c5ccc6[nH]c(C)cc6c5)cnc(N)c34)cc2)c1. The normalized spacial score (nSPS) is 11.2.